The minimum atomic E-state index is -4.83. The van der Waals surface area contributed by atoms with Gasteiger partial charge in [0.1, 0.15) is 29.9 Å². The van der Waals surface area contributed by atoms with Gasteiger partial charge in [-0.2, -0.15) is 12.6 Å². The Balaban J connectivity index is 3.27. The number of phosphoric ester groups is 1. The molecule has 0 saturated heterocycles. The van der Waals surface area contributed by atoms with Crippen LogP contribution in [0.25, 0.3) is 0 Å². The molecule has 18 nitrogen and oxygen atoms in total. The van der Waals surface area contributed by atoms with Crippen molar-refractivity contribution in [3.8, 4) is 5.75 Å². The maximum Gasteiger partial charge on any atom is 0.524 e. The van der Waals surface area contributed by atoms with Crippen LogP contribution in [0.5, 0.6) is 5.75 Å². The number of carbonyl (C=O) groups is 7. The van der Waals surface area contributed by atoms with Crippen LogP contribution in [-0.4, -0.2) is 97.9 Å². The second-order valence-corrected chi connectivity index (χ2v) is 12.7. The van der Waals surface area contributed by atoms with E-state index in [1.807, 2.05) is 0 Å². The molecule has 0 fully saturated rings. The van der Waals surface area contributed by atoms with Crippen LogP contribution >= 0.6 is 20.5 Å². The number of carboxylic acid groups (broad SMARTS) is 2. The number of nitrogens with one attached hydrogen (secondary N) is 5. The van der Waals surface area contributed by atoms with Crippen molar-refractivity contribution >= 4 is 61.9 Å². The van der Waals surface area contributed by atoms with Crippen molar-refractivity contribution in [1.29, 1.82) is 0 Å². The molecular formula is C29H44N5O13PS. The largest absolute Gasteiger partial charge is 0.524 e. The molecule has 1 aromatic carbocycles. The van der Waals surface area contributed by atoms with E-state index in [4.69, 9.17) is 9.79 Å². The first-order valence-electron chi connectivity index (χ1n) is 15.2. The summed E-state index contributed by atoms with van der Waals surface area (Å²) in [5.41, 5.74) is 0.401. The van der Waals surface area contributed by atoms with Crippen molar-refractivity contribution < 1.29 is 62.7 Å². The number of amides is 5. The molecule has 0 aliphatic rings. The number of phosphoric acid groups is 1. The second-order valence-electron chi connectivity index (χ2n) is 11.1. The fourth-order valence-electron chi connectivity index (χ4n) is 4.38. The highest BCUT2D eigenvalue weighted by atomic mass is 32.1. The highest BCUT2D eigenvalue weighted by Gasteiger charge is 2.33. The third-order valence-corrected chi connectivity index (χ3v) is 7.72. The lowest BCUT2D eigenvalue weighted by Gasteiger charge is -2.28. The van der Waals surface area contributed by atoms with E-state index in [1.165, 1.54) is 24.3 Å². The summed E-state index contributed by atoms with van der Waals surface area (Å²) < 4.78 is 15.6. The molecule has 49 heavy (non-hydrogen) atoms. The first-order chi connectivity index (χ1) is 22.9. The van der Waals surface area contributed by atoms with E-state index in [0.29, 0.717) is 17.7 Å². The van der Waals surface area contributed by atoms with E-state index >= 15 is 0 Å². The lowest BCUT2D eigenvalue weighted by Crippen LogP contribution is -2.59. The summed E-state index contributed by atoms with van der Waals surface area (Å²) in [6.45, 7) is 4.84. The number of aliphatic carboxylic acids is 2. The van der Waals surface area contributed by atoms with Crippen LogP contribution in [0.2, 0.25) is 0 Å². The van der Waals surface area contributed by atoms with Crippen LogP contribution in [0.15, 0.2) is 24.3 Å². The zero-order valence-electron chi connectivity index (χ0n) is 27.2. The second kappa shape index (κ2) is 21.0. The summed E-state index contributed by atoms with van der Waals surface area (Å²) in [5, 5.41) is 30.9. The monoisotopic (exact) mass is 733 g/mol. The molecule has 5 atom stereocenters. The fourth-order valence-corrected chi connectivity index (χ4v) is 4.88. The van der Waals surface area contributed by atoms with E-state index in [2.05, 4.69) is 43.7 Å². The Bertz CT molecular complexity index is 1370. The van der Waals surface area contributed by atoms with E-state index in [9.17, 15) is 48.3 Å². The minimum Gasteiger partial charge on any atom is -0.481 e. The number of benzene rings is 1. The predicted molar refractivity (Wildman–Crippen MR) is 176 cm³/mol. The van der Waals surface area contributed by atoms with Gasteiger partial charge >= 0.3 is 19.8 Å². The van der Waals surface area contributed by atoms with Crippen molar-refractivity contribution in [3.63, 3.8) is 0 Å². The van der Waals surface area contributed by atoms with Gasteiger partial charge in [-0.05, 0) is 36.5 Å². The van der Waals surface area contributed by atoms with E-state index in [-0.39, 0.29) is 24.6 Å². The summed E-state index contributed by atoms with van der Waals surface area (Å²) >= 11 is 4.05. The smallest absolute Gasteiger partial charge is 0.481 e. The van der Waals surface area contributed by atoms with Crippen molar-refractivity contribution in [3.05, 3.63) is 29.8 Å². The molecule has 0 unspecified atom stereocenters. The van der Waals surface area contributed by atoms with Gasteiger partial charge in [0, 0.05) is 38.5 Å². The molecular weight excluding hydrogens is 689 g/mol. The quantitative estimate of drug-likeness (QED) is 0.0531. The third kappa shape index (κ3) is 17.2. The molecule has 0 heterocycles. The van der Waals surface area contributed by atoms with Gasteiger partial charge in [0.25, 0.3) is 0 Å². The van der Waals surface area contributed by atoms with E-state index in [0.717, 1.165) is 6.92 Å². The Morgan fingerprint density at radius 2 is 1.29 bits per heavy atom. The van der Waals surface area contributed by atoms with Gasteiger partial charge in [0.05, 0.1) is 0 Å². The van der Waals surface area contributed by atoms with Gasteiger partial charge in [0.15, 0.2) is 0 Å². The van der Waals surface area contributed by atoms with Crippen molar-refractivity contribution in [1.82, 2.24) is 26.6 Å². The fraction of sp³-hybridized carbons (Fsp3) is 0.552. The van der Waals surface area contributed by atoms with E-state index < -0.39 is 99.1 Å². The molecule has 274 valence electrons. The third-order valence-electron chi connectivity index (χ3n) is 7.05. The molecule has 0 radical (unpaired) electrons. The molecule has 0 spiro atoms. The summed E-state index contributed by atoms with van der Waals surface area (Å²) in [5.74, 6) is -6.77. The Kier molecular flexibility index (Phi) is 18.4. The minimum absolute atomic E-state index is 0.168. The number of hydrogen-bond donors (Lipinski definition) is 10. The maximum absolute atomic E-state index is 13.5. The summed E-state index contributed by atoms with van der Waals surface area (Å²) in [6.07, 6.45) is -1.72. The molecule has 0 aliphatic heterocycles. The molecule has 20 heteroatoms. The Hall–Kier alpha value is -4.19. The maximum atomic E-state index is 13.5. The first kappa shape index (κ1) is 42.8. The molecule has 9 N–H and O–H groups in total. The van der Waals surface area contributed by atoms with Gasteiger partial charge in [0.2, 0.25) is 29.5 Å². The Morgan fingerprint density at radius 1 is 0.796 bits per heavy atom. The van der Waals surface area contributed by atoms with Crippen LogP contribution < -0.4 is 31.1 Å². The molecule has 0 saturated carbocycles. The first-order valence-corrected chi connectivity index (χ1v) is 17.4. The summed E-state index contributed by atoms with van der Waals surface area (Å²) in [7, 11) is -4.83. The van der Waals surface area contributed by atoms with Crippen molar-refractivity contribution in [2.45, 2.75) is 83.5 Å². The normalized spacial score (nSPS) is 14.2. The number of carbonyl (C=O) groups excluding carboxylic acids is 5. The van der Waals surface area contributed by atoms with Crippen LogP contribution in [0, 0.1) is 5.92 Å². The number of carboxylic acids is 2. The molecule has 1 rings (SSSR count). The van der Waals surface area contributed by atoms with Crippen molar-refractivity contribution in [2.75, 3.05) is 12.3 Å². The Morgan fingerprint density at radius 3 is 1.71 bits per heavy atom. The highest BCUT2D eigenvalue weighted by molar-refractivity contribution is 7.80. The molecule has 5 amide bonds. The average Bonchev–Trinajstić information content (AvgIpc) is 3.01. The zero-order chi connectivity index (χ0) is 37.3. The molecule has 0 bridgehead atoms. The van der Waals surface area contributed by atoms with E-state index in [1.54, 1.807) is 13.8 Å². The average molecular weight is 734 g/mol. The van der Waals surface area contributed by atoms with Crippen LogP contribution in [-0.2, 0) is 44.5 Å². The van der Waals surface area contributed by atoms with Crippen LogP contribution in [0.4, 0.5) is 0 Å². The number of hydrogen-bond acceptors (Lipinski definition) is 10. The van der Waals surface area contributed by atoms with Gasteiger partial charge in [-0.15, -0.1) is 0 Å². The molecule has 1 aromatic rings. The highest BCUT2D eigenvalue weighted by Crippen LogP contribution is 2.37. The zero-order valence-corrected chi connectivity index (χ0v) is 29.0. The van der Waals surface area contributed by atoms with Gasteiger partial charge in [-0.1, -0.05) is 32.4 Å². The van der Waals surface area contributed by atoms with Crippen LogP contribution in [0.1, 0.15) is 58.4 Å². The Labute approximate surface area is 288 Å². The van der Waals surface area contributed by atoms with Gasteiger partial charge in [-0.3, -0.25) is 43.3 Å². The van der Waals surface area contributed by atoms with Crippen LogP contribution in [0.3, 0.4) is 0 Å². The lowest BCUT2D eigenvalue weighted by molar-refractivity contribution is -0.140. The predicted octanol–water partition coefficient (Wildman–Crippen LogP) is -0.519. The number of thiol groups is 1. The summed E-state index contributed by atoms with van der Waals surface area (Å²) in [4.78, 5) is 106. The SMILES string of the molecule is CC[C@H](C)[C@H](NC(=O)[C@H](CCC(=O)O)NC(=O)[C@H](CCC(=O)O)NC(=O)[C@H](Cc1ccc(OP(=O)(O)O)cc1)NC(C)=O)C(=O)NCCS. The summed E-state index contributed by atoms with van der Waals surface area (Å²) in [6, 6.07) is -0.238. The molecule has 0 aliphatic carbocycles. The van der Waals surface area contributed by atoms with Gasteiger partial charge in [-0.25, -0.2) is 4.57 Å². The molecule has 0 aromatic heterocycles. The standard InChI is InChI=1S/C29H44N5O13PS/c1-4-16(2)25(29(43)30-13-14-49)34-27(41)21(10-12-24(38)39)32-26(40)20(9-11-23(36)37)33-28(42)22(31-17(3)35)15-18-5-7-19(8-6-18)47-48(44,45)46/h5-8,16,20-22,25,49H,4,9-15H2,1-3H3,(H,30,43)(H,31,35)(H,32,40)(H,33,42)(H,34,41)(H,36,37)(H,38,39)(H2,44,45,46)/t16-,20-,21-,22-,25-/m0/s1. The lowest BCUT2D eigenvalue weighted by atomic mass is 9.97. The van der Waals surface area contributed by atoms with Gasteiger partial charge < -0.3 is 41.3 Å². The topological polar surface area (TPSA) is 287 Å². The van der Waals surface area contributed by atoms with Crippen molar-refractivity contribution in [2.24, 2.45) is 5.92 Å². The number of rotatable bonds is 22.